The Bertz CT molecular complexity index is 273. The van der Waals surface area contributed by atoms with E-state index in [0.717, 1.165) is 25.0 Å². The summed E-state index contributed by atoms with van der Waals surface area (Å²) in [7, 11) is 0. The molecule has 0 amide bonds. The van der Waals surface area contributed by atoms with Crippen molar-refractivity contribution in [2.24, 2.45) is 5.92 Å². The van der Waals surface area contributed by atoms with Crippen molar-refractivity contribution in [2.45, 2.75) is 46.5 Å². The quantitative estimate of drug-likeness (QED) is 0.274. The number of hydrogen-bond acceptors (Lipinski definition) is 1. The summed E-state index contributed by atoms with van der Waals surface area (Å²) < 4.78 is 0. The van der Waals surface area contributed by atoms with Crippen LogP contribution < -0.4 is 0 Å². The number of carbonyl (C=O) groups excluding carboxylic acids is 1. The summed E-state index contributed by atoms with van der Waals surface area (Å²) in [5.41, 5.74) is 9.45. The minimum absolute atomic E-state index is 0.134. The summed E-state index contributed by atoms with van der Waals surface area (Å²) in [5, 5.41) is 0. The third kappa shape index (κ3) is 9.10. The van der Waals surface area contributed by atoms with Gasteiger partial charge in [0.1, 0.15) is 0 Å². The molecule has 0 radical (unpaired) electrons. The molecule has 0 aromatic carbocycles. The molecular weight excluding hydrogens is 188 g/mol. The topological polar surface area (TPSA) is 53.5 Å². The van der Waals surface area contributed by atoms with E-state index in [0.29, 0.717) is 6.42 Å². The normalized spacial score (nSPS) is 11.3. The Morgan fingerprint density at radius 1 is 1.40 bits per heavy atom. The lowest BCUT2D eigenvalue weighted by molar-refractivity contribution is -0.116. The smallest absolute Gasteiger partial charge is 0.323 e. The van der Waals surface area contributed by atoms with Crippen LogP contribution in [0.3, 0.4) is 0 Å². The van der Waals surface area contributed by atoms with E-state index >= 15 is 0 Å². The predicted octanol–water partition coefficient (Wildman–Crippen LogP) is 3.02. The van der Waals surface area contributed by atoms with Crippen LogP contribution in [0.25, 0.3) is 5.53 Å². The van der Waals surface area contributed by atoms with E-state index in [1.54, 1.807) is 0 Å². The van der Waals surface area contributed by atoms with Gasteiger partial charge in [-0.1, -0.05) is 25.5 Å². The lowest BCUT2D eigenvalue weighted by Gasteiger charge is -2.04. The molecule has 0 rings (SSSR count). The Hall–Kier alpha value is -1.21. The molecule has 0 heterocycles. The van der Waals surface area contributed by atoms with Gasteiger partial charge in [0.15, 0.2) is 0 Å². The molecule has 0 spiro atoms. The van der Waals surface area contributed by atoms with Crippen LogP contribution in [0.5, 0.6) is 0 Å². The second-order valence-electron chi connectivity index (χ2n) is 4.23. The van der Waals surface area contributed by atoms with Crippen molar-refractivity contribution in [2.75, 3.05) is 0 Å². The molecule has 0 N–H and O–H groups in total. The molecule has 3 heteroatoms. The Balaban J connectivity index is 3.75. The first kappa shape index (κ1) is 13.8. The van der Waals surface area contributed by atoms with E-state index in [4.69, 9.17) is 5.53 Å². The van der Waals surface area contributed by atoms with Crippen molar-refractivity contribution < 1.29 is 9.58 Å². The number of hydrogen-bond donors (Lipinski definition) is 0. The van der Waals surface area contributed by atoms with Crippen molar-refractivity contribution >= 4 is 12.0 Å². The highest BCUT2D eigenvalue weighted by atomic mass is 16.1. The highest BCUT2D eigenvalue weighted by Crippen LogP contribution is 2.11. The molecule has 0 saturated heterocycles. The molecule has 0 aliphatic rings. The fourth-order valence-corrected chi connectivity index (χ4v) is 1.21. The van der Waals surface area contributed by atoms with Gasteiger partial charge in [-0.3, -0.25) is 4.79 Å². The minimum atomic E-state index is -0.134. The second-order valence-corrected chi connectivity index (χ2v) is 4.23. The van der Waals surface area contributed by atoms with E-state index < -0.39 is 0 Å². The van der Waals surface area contributed by atoms with E-state index in [2.05, 4.69) is 31.6 Å². The number of Topliss-reactive ketones (excluding diaryl/α,β-unsaturated/α-hetero) is 1. The Morgan fingerprint density at radius 3 is 2.60 bits per heavy atom. The Kier molecular flexibility index (Phi) is 7.47. The second kappa shape index (κ2) is 8.13. The van der Waals surface area contributed by atoms with Gasteiger partial charge in [-0.15, -0.1) is 0 Å². The van der Waals surface area contributed by atoms with Crippen LogP contribution in [-0.2, 0) is 4.79 Å². The maximum atomic E-state index is 11.0. The highest BCUT2D eigenvalue weighted by Gasteiger charge is 2.00. The van der Waals surface area contributed by atoms with Gasteiger partial charge in [0.2, 0.25) is 5.78 Å². The molecular formula is C12H20N2O. The van der Waals surface area contributed by atoms with Crippen LogP contribution in [0.15, 0.2) is 11.6 Å². The van der Waals surface area contributed by atoms with Crippen LogP contribution in [-0.4, -0.2) is 16.8 Å². The standard InChI is InChI=1S/C12H20N2O/c1-10(2)7-8-11(3)5-4-6-12(15)9-14-13/h5,9-10H,4,6-8H2,1-3H3/b11-5+. The maximum Gasteiger partial charge on any atom is 0.323 e. The molecule has 0 aliphatic heterocycles. The van der Waals surface area contributed by atoms with Gasteiger partial charge in [-0.2, -0.15) is 4.79 Å². The van der Waals surface area contributed by atoms with Crippen LogP contribution in [0.4, 0.5) is 0 Å². The lowest BCUT2D eigenvalue weighted by Crippen LogP contribution is -1.98. The molecule has 0 aliphatic carbocycles. The zero-order valence-electron chi connectivity index (χ0n) is 9.86. The first-order valence-electron chi connectivity index (χ1n) is 5.42. The third-order valence-electron chi connectivity index (χ3n) is 2.20. The zero-order valence-corrected chi connectivity index (χ0v) is 9.86. The molecule has 0 aromatic rings. The van der Waals surface area contributed by atoms with Crippen molar-refractivity contribution in [1.29, 1.82) is 0 Å². The van der Waals surface area contributed by atoms with Crippen LogP contribution in [0.1, 0.15) is 46.5 Å². The van der Waals surface area contributed by atoms with E-state index in [9.17, 15) is 4.79 Å². The largest absolute Gasteiger partial charge is 0.361 e. The number of rotatable bonds is 7. The summed E-state index contributed by atoms with van der Waals surface area (Å²) >= 11 is 0. The third-order valence-corrected chi connectivity index (χ3v) is 2.20. The summed E-state index contributed by atoms with van der Waals surface area (Å²) in [4.78, 5) is 13.6. The zero-order chi connectivity index (χ0) is 11.7. The van der Waals surface area contributed by atoms with Gasteiger partial charge >= 0.3 is 6.21 Å². The van der Waals surface area contributed by atoms with Gasteiger partial charge in [0.05, 0.1) is 0 Å². The van der Waals surface area contributed by atoms with Crippen molar-refractivity contribution in [3.8, 4) is 0 Å². The molecule has 3 nitrogen and oxygen atoms in total. The number of nitrogens with zero attached hydrogens (tertiary/aromatic N) is 2. The van der Waals surface area contributed by atoms with E-state index in [1.807, 2.05) is 0 Å². The first-order valence-corrected chi connectivity index (χ1v) is 5.42. The molecule has 15 heavy (non-hydrogen) atoms. The maximum absolute atomic E-state index is 11.0. The summed E-state index contributed by atoms with van der Waals surface area (Å²) in [6, 6.07) is 0. The van der Waals surface area contributed by atoms with Crippen LogP contribution >= 0.6 is 0 Å². The number of ketones is 1. The van der Waals surface area contributed by atoms with Crippen molar-refractivity contribution in [3.05, 3.63) is 17.2 Å². The van der Waals surface area contributed by atoms with Crippen molar-refractivity contribution in [3.63, 3.8) is 0 Å². The fourth-order valence-electron chi connectivity index (χ4n) is 1.21. The average molecular weight is 208 g/mol. The average Bonchev–Trinajstić information content (AvgIpc) is 2.15. The number of allylic oxidation sites excluding steroid dienone is 2. The van der Waals surface area contributed by atoms with Crippen molar-refractivity contribution in [1.82, 2.24) is 0 Å². The molecule has 84 valence electrons. The Labute approximate surface area is 91.8 Å². The van der Waals surface area contributed by atoms with Gasteiger partial charge in [-0.25, -0.2) is 0 Å². The predicted molar refractivity (Wildman–Crippen MR) is 61.8 cm³/mol. The molecule has 0 aromatic heterocycles. The summed E-state index contributed by atoms with van der Waals surface area (Å²) in [6.45, 7) is 6.50. The lowest BCUT2D eigenvalue weighted by atomic mass is 10.0. The minimum Gasteiger partial charge on any atom is -0.361 e. The monoisotopic (exact) mass is 208 g/mol. The first-order chi connectivity index (χ1) is 7.06. The van der Waals surface area contributed by atoms with Gasteiger partial charge in [0.25, 0.3) is 0 Å². The molecule has 0 bridgehead atoms. The van der Waals surface area contributed by atoms with Gasteiger partial charge in [-0.05, 0) is 32.1 Å². The molecule has 0 atom stereocenters. The summed E-state index contributed by atoms with van der Waals surface area (Å²) in [5.74, 6) is 0.585. The molecule has 0 saturated carbocycles. The highest BCUT2D eigenvalue weighted by molar-refractivity contribution is 6.25. The van der Waals surface area contributed by atoms with E-state index in [-0.39, 0.29) is 5.78 Å². The Morgan fingerprint density at radius 2 is 2.07 bits per heavy atom. The molecule has 0 fully saturated rings. The van der Waals surface area contributed by atoms with Gasteiger partial charge < -0.3 is 5.53 Å². The fraction of sp³-hybridized carbons (Fsp3) is 0.667. The van der Waals surface area contributed by atoms with E-state index in [1.165, 1.54) is 12.0 Å². The molecule has 0 unspecified atom stereocenters. The van der Waals surface area contributed by atoms with Crippen LogP contribution in [0, 0.1) is 5.92 Å². The SMILES string of the molecule is C/C(=C\CCC(=O)C=[N+]=[N-])CCC(C)C. The van der Waals surface area contributed by atoms with Gasteiger partial charge in [0, 0.05) is 6.42 Å². The summed E-state index contributed by atoms with van der Waals surface area (Å²) in [6.07, 6.45) is 6.48. The number of carbonyl (C=O) groups is 1. The van der Waals surface area contributed by atoms with Crippen LogP contribution in [0.2, 0.25) is 0 Å².